The summed E-state index contributed by atoms with van der Waals surface area (Å²) in [6.45, 7) is 2.21. The van der Waals surface area contributed by atoms with Gasteiger partial charge in [-0.25, -0.2) is 0 Å². The summed E-state index contributed by atoms with van der Waals surface area (Å²) >= 11 is 5.52. The molecule has 1 aromatic rings. The van der Waals surface area contributed by atoms with Crippen LogP contribution in [0.2, 0.25) is 5.09 Å². The number of halogens is 1. The summed E-state index contributed by atoms with van der Waals surface area (Å²) in [6, 6.07) is 9.97. The molecular formula is C10H14BrLi. The van der Waals surface area contributed by atoms with Crippen molar-refractivity contribution in [3.63, 3.8) is 0 Å². The van der Waals surface area contributed by atoms with Gasteiger partial charge in [-0.3, -0.25) is 0 Å². The molecular weight excluding hydrogens is 207 g/mol. The van der Waals surface area contributed by atoms with Crippen LogP contribution < -0.4 is 0 Å². The monoisotopic (exact) mass is 220 g/mol. The molecule has 2 heteroatoms. The van der Waals surface area contributed by atoms with Crippen molar-refractivity contribution < 1.29 is 0 Å². The average molecular weight is 221 g/mol. The van der Waals surface area contributed by atoms with Crippen molar-refractivity contribution in [2.24, 2.45) is 0 Å². The fourth-order valence-corrected chi connectivity index (χ4v) is 1.07. The predicted molar refractivity (Wildman–Crippen MR) is 59.6 cm³/mol. The molecule has 0 aliphatic carbocycles. The number of rotatable bonds is 2. The van der Waals surface area contributed by atoms with Crippen LogP contribution in [0.25, 0.3) is 0 Å². The Hall–Kier alpha value is 0.297. The second-order valence-corrected chi connectivity index (χ2v) is 3.56. The van der Waals surface area contributed by atoms with Crippen molar-refractivity contribution in [1.29, 1.82) is 0 Å². The van der Waals surface area contributed by atoms with E-state index in [0.717, 1.165) is 4.47 Å². The van der Waals surface area contributed by atoms with Crippen LogP contribution in [-0.2, 0) is 0 Å². The van der Waals surface area contributed by atoms with Crippen LogP contribution >= 0.6 is 15.9 Å². The van der Waals surface area contributed by atoms with E-state index in [9.17, 15) is 0 Å². The molecule has 0 saturated carbocycles. The van der Waals surface area contributed by atoms with Gasteiger partial charge < -0.3 is 0 Å². The van der Waals surface area contributed by atoms with E-state index in [1.807, 2.05) is 30.3 Å². The van der Waals surface area contributed by atoms with E-state index in [1.165, 1.54) is 17.9 Å². The van der Waals surface area contributed by atoms with Crippen molar-refractivity contribution >= 4 is 33.6 Å². The first-order chi connectivity index (χ1) is 5.81. The van der Waals surface area contributed by atoms with E-state index in [-0.39, 0.29) is 0 Å². The summed E-state index contributed by atoms with van der Waals surface area (Å²) in [7, 11) is 0. The van der Waals surface area contributed by atoms with Gasteiger partial charge in [-0.2, -0.15) is 0 Å². The van der Waals surface area contributed by atoms with Crippen molar-refractivity contribution in [3.05, 3.63) is 34.8 Å². The molecule has 0 amide bonds. The van der Waals surface area contributed by atoms with Crippen LogP contribution in [0.15, 0.2) is 34.8 Å². The molecule has 0 aliphatic rings. The van der Waals surface area contributed by atoms with Gasteiger partial charge >= 0.3 is 42.6 Å². The zero-order valence-electron chi connectivity index (χ0n) is 7.89. The van der Waals surface area contributed by atoms with Gasteiger partial charge in [0.1, 0.15) is 0 Å². The Labute approximate surface area is 93.1 Å². The third-order valence-corrected chi connectivity index (χ3v) is 1.97. The summed E-state index contributed by atoms with van der Waals surface area (Å²) in [5.74, 6) is 0. The Morgan fingerprint density at radius 2 is 1.83 bits per heavy atom. The molecule has 0 nitrogen and oxygen atoms in total. The summed E-state index contributed by atoms with van der Waals surface area (Å²) in [6.07, 6.45) is 2.73. The van der Waals surface area contributed by atoms with Gasteiger partial charge in [0.15, 0.2) is 0 Å². The molecule has 0 radical (unpaired) electrons. The van der Waals surface area contributed by atoms with Gasteiger partial charge in [-0.1, -0.05) is 34.1 Å². The molecule has 0 N–H and O–H groups in total. The van der Waals surface area contributed by atoms with Gasteiger partial charge in [0, 0.05) is 4.47 Å². The van der Waals surface area contributed by atoms with Crippen LogP contribution in [0.5, 0.6) is 0 Å². The Morgan fingerprint density at radius 1 is 1.25 bits per heavy atom. The van der Waals surface area contributed by atoms with Crippen molar-refractivity contribution in [3.8, 4) is 0 Å². The van der Waals surface area contributed by atoms with E-state index >= 15 is 0 Å². The van der Waals surface area contributed by atoms with E-state index in [4.69, 9.17) is 0 Å². The Morgan fingerprint density at radius 3 is 2.00 bits per heavy atom. The van der Waals surface area contributed by atoms with Gasteiger partial charge in [-0.15, -0.1) is 0 Å². The van der Waals surface area contributed by atoms with E-state index < -0.39 is 0 Å². The fourth-order valence-electron chi connectivity index (χ4n) is 0.768. The zero-order valence-corrected chi connectivity index (χ0v) is 9.47. The maximum atomic E-state index is 3.31. The van der Waals surface area contributed by atoms with Gasteiger partial charge in [0.25, 0.3) is 0 Å². The summed E-state index contributed by atoms with van der Waals surface area (Å²) < 4.78 is 1.13. The van der Waals surface area contributed by atoms with Crippen molar-refractivity contribution in [2.75, 3.05) is 0 Å². The quantitative estimate of drug-likeness (QED) is 0.666. The first-order valence-corrected chi connectivity index (χ1v) is 5.31. The SMILES string of the molecule is Brc1ccccc1.[Li][CH2]CCC. The molecule has 1 aromatic carbocycles. The van der Waals surface area contributed by atoms with Crippen LogP contribution in [0.1, 0.15) is 19.8 Å². The minimum atomic E-state index is 1.13. The molecule has 0 fully saturated rings. The minimum absolute atomic E-state index is 1.13. The van der Waals surface area contributed by atoms with Crippen molar-refractivity contribution in [2.45, 2.75) is 24.9 Å². The van der Waals surface area contributed by atoms with Gasteiger partial charge in [-0.05, 0) is 12.1 Å². The van der Waals surface area contributed by atoms with E-state index in [1.54, 1.807) is 0 Å². The Kier molecular flexibility index (Phi) is 9.62. The molecule has 0 atom stereocenters. The molecule has 0 aromatic heterocycles. The topological polar surface area (TPSA) is 0 Å². The van der Waals surface area contributed by atoms with Crippen LogP contribution in [0.3, 0.4) is 0 Å². The number of benzene rings is 1. The number of hydrogen-bond acceptors (Lipinski definition) is 0. The average Bonchev–Trinajstić information content (AvgIpc) is 2.08. The first kappa shape index (κ1) is 12.3. The number of hydrogen-bond donors (Lipinski definition) is 0. The predicted octanol–water partition coefficient (Wildman–Crippen LogP) is 3.82. The zero-order chi connectivity index (χ0) is 9.23. The van der Waals surface area contributed by atoms with Crippen LogP contribution in [-0.4, -0.2) is 17.7 Å². The third kappa shape index (κ3) is 8.39. The molecule has 0 aliphatic heterocycles. The third-order valence-electron chi connectivity index (χ3n) is 1.44. The molecule has 0 unspecified atom stereocenters. The Balaban J connectivity index is 0.000000217. The molecule has 0 saturated heterocycles. The first-order valence-electron chi connectivity index (χ1n) is 4.51. The summed E-state index contributed by atoms with van der Waals surface area (Å²) in [5, 5.41) is 1.34. The second-order valence-electron chi connectivity index (χ2n) is 2.65. The summed E-state index contributed by atoms with van der Waals surface area (Å²) in [4.78, 5) is 0. The molecule has 62 valence electrons. The molecule has 0 spiro atoms. The summed E-state index contributed by atoms with van der Waals surface area (Å²) in [5.41, 5.74) is 0. The van der Waals surface area contributed by atoms with E-state index in [0.29, 0.717) is 0 Å². The maximum absolute atomic E-state index is 3.31. The van der Waals surface area contributed by atoms with E-state index in [2.05, 4.69) is 40.6 Å². The Bertz CT molecular complexity index is 172. The number of unbranched alkanes of at least 4 members (excludes halogenated alkanes) is 1. The molecule has 0 bridgehead atoms. The fraction of sp³-hybridized carbons (Fsp3) is 0.400. The van der Waals surface area contributed by atoms with Crippen molar-refractivity contribution in [1.82, 2.24) is 0 Å². The van der Waals surface area contributed by atoms with Gasteiger partial charge in [0.05, 0.1) is 0 Å². The molecule has 12 heavy (non-hydrogen) atoms. The normalized spacial score (nSPS) is 8.67. The van der Waals surface area contributed by atoms with Crippen LogP contribution in [0, 0.1) is 0 Å². The van der Waals surface area contributed by atoms with Gasteiger partial charge in [0.2, 0.25) is 0 Å². The molecule has 0 heterocycles. The standard InChI is InChI=1S/C6H5Br.C4H9.Li/c7-6-4-2-1-3-5-6;1-3-4-2;/h1-5H;1,3-4H2,2H3;. The second kappa shape index (κ2) is 9.39. The molecule has 1 rings (SSSR count). The van der Waals surface area contributed by atoms with Crippen LogP contribution in [0.4, 0.5) is 0 Å².